The highest BCUT2D eigenvalue weighted by Gasteiger charge is 2.48. The summed E-state index contributed by atoms with van der Waals surface area (Å²) < 4.78 is 0. The molecule has 5 saturated carbocycles. The quantitative estimate of drug-likeness (QED) is 0.158. The molecular weight excluding hydrogens is 675 g/mol. The van der Waals surface area contributed by atoms with Crippen LogP contribution in [0.4, 0.5) is 17.1 Å². The molecule has 6 aliphatic rings. The van der Waals surface area contributed by atoms with Crippen molar-refractivity contribution < 1.29 is 0 Å². The Morgan fingerprint density at radius 2 is 1.04 bits per heavy atom. The second kappa shape index (κ2) is 13.7. The minimum absolute atomic E-state index is 0.125. The predicted molar refractivity (Wildman–Crippen MR) is 235 cm³/mol. The van der Waals surface area contributed by atoms with Gasteiger partial charge in [0.2, 0.25) is 0 Å². The molecule has 1 nitrogen and oxygen atoms in total. The molecule has 0 heterocycles. The molecule has 4 bridgehead atoms. The standard InChI is InChI=1S/C55H55N/c1-55(2)51-16-10-9-15-49(51)54-50(42-19-17-40(18-20-42)38-11-5-3-6-12-38)34-48(35-52(54)55)56(46-25-21-41(22-26-46)39-13-7-4-8-14-39)47-27-23-43(24-28-47)53-44-30-36-29-37(32-44)33-45(53)31-36/h3,5-6,9-12,15-28,34-37,39,44-45,53H,4,7-8,13-14,29-33H2,1-2H3. The third-order valence-electron chi connectivity index (χ3n) is 15.2. The van der Waals surface area contributed by atoms with Gasteiger partial charge in [0.05, 0.1) is 0 Å². The first-order valence-electron chi connectivity index (χ1n) is 21.9. The number of fused-ring (bicyclic) bond motifs is 3. The van der Waals surface area contributed by atoms with Crippen molar-refractivity contribution in [3.8, 4) is 33.4 Å². The van der Waals surface area contributed by atoms with Crippen LogP contribution in [0.15, 0.2) is 140 Å². The number of hydrogen-bond acceptors (Lipinski definition) is 1. The average molecular weight is 730 g/mol. The number of anilines is 3. The van der Waals surface area contributed by atoms with E-state index in [1.807, 2.05) is 0 Å². The molecule has 6 aromatic carbocycles. The smallest absolute Gasteiger partial charge is 0.0471 e. The number of hydrogen-bond donors (Lipinski definition) is 0. The molecule has 6 aromatic rings. The summed E-state index contributed by atoms with van der Waals surface area (Å²) >= 11 is 0. The van der Waals surface area contributed by atoms with Crippen LogP contribution in [-0.4, -0.2) is 0 Å². The number of benzene rings is 6. The van der Waals surface area contributed by atoms with Crippen LogP contribution in [0.5, 0.6) is 0 Å². The molecule has 0 unspecified atom stereocenters. The summed E-state index contributed by atoms with van der Waals surface area (Å²) in [5, 5.41) is 0. The second-order valence-electron chi connectivity index (χ2n) is 18.8. The lowest BCUT2D eigenvalue weighted by molar-refractivity contribution is -0.00277. The van der Waals surface area contributed by atoms with Crippen molar-refractivity contribution in [3.05, 3.63) is 162 Å². The van der Waals surface area contributed by atoms with Crippen molar-refractivity contribution in [2.24, 2.45) is 23.7 Å². The molecule has 0 atom stereocenters. The second-order valence-corrected chi connectivity index (χ2v) is 18.8. The average Bonchev–Trinajstić information content (AvgIpc) is 3.47. The molecule has 0 aliphatic heterocycles. The van der Waals surface area contributed by atoms with Gasteiger partial charge >= 0.3 is 0 Å². The maximum absolute atomic E-state index is 2.56. The molecule has 12 rings (SSSR count). The van der Waals surface area contributed by atoms with Gasteiger partial charge in [-0.05, 0) is 172 Å². The molecular formula is C55H55N. The van der Waals surface area contributed by atoms with Crippen molar-refractivity contribution >= 4 is 17.1 Å². The topological polar surface area (TPSA) is 3.24 Å². The Bertz CT molecular complexity index is 2330. The van der Waals surface area contributed by atoms with E-state index in [1.165, 1.54) is 131 Å². The molecule has 0 amide bonds. The first kappa shape index (κ1) is 34.4. The van der Waals surface area contributed by atoms with Crippen molar-refractivity contribution in [2.45, 2.75) is 95.3 Å². The van der Waals surface area contributed by atoms with E-state index in [4.69, 9.17) is 0 Å². The lowest BCUT2D eigenvalue weighted by Crippen LogP contribution is -2.43. The van der Waals surface area contributed by atoms with E-state index in [2.05, 4.69) is 158 Å². The Balaban J connectivity index is 1.05. The summed E-state index contributed by atoms with van der Waals surface area (Å²) in [7, 11) is 0. The van der Waals surface area contributed by atoms with Gasteiger partial charge in [0.15, 0.2) is 0 Å². The SMILES string of the molecule is CC1(C)c2ccccc2-c2c(-c3ccc(-c4ccccc4)cc3)cc(N(c3ccc(C4CCCCC4)cc3)c3ccc(C4C5CC6CC(C5)CC4C6)cc3)cc21. The van der Waals surface area contributed by atoms with Crippen molar-refractivity contribution in [3.63, 3.8) is 0 Å². The molecule has 0 saturated heterocycles. The van der Waals surface area contributed by atoms with Crippen LogP contribution >= 0.6 is 0 Å². The summed E-state index contributed by atoms with van der Waals surface area (Å²) in [6.07, 6.45) is 14.1. The van der Waals surface area contributed by atoms with Crippen LogP contribution in [0, 0.1) is 23.7 Å². The van der Waals surface area contributed by atoms with Crippen LogP contribution < -0.4 is 4.90 Å². The fourth-order valence-electron chi connectivity index (χ4n) is 12.7. The minimum atomic E-state index is -0.125. The first-order chi connectivity index (χ1) is 27.5. The molecule has 5 fully saturated rings. The zero-order valence-electron chi connectivity index (χ0n) is 33.3. The van der Waals surface area contributed by atoms with E-state index in [0.717, 1.165) is 29.6 Å². The Hall–Kier alpha value is -4.88. The van der Waals surface area contributed by atoms with Gasteiger partial charge in [-0.2, -0.15) is 0 Å². The number of nitrogens with zero attached hydrogens (tertiary/aromatic N) is 1. The van der Waals surface area contributed by atoms with Crippen LogP contribution in [0.25, 0.3) is 33.4 Å². The van der Waals surface area contributed by atoms with E-state index >= 15 is 0 Å². The predicted octanol–water partition coefficient (Wildman–Crippen LogP) is 15.4. The maximum atomic E-state index is 2.56. The van der Waals surface area contributed by atoms with E-state index in [-0.39, 0.29) is 5.41 Å². The fourth-order valence-corrected chi connectivity index (χ4v) is 12.7. The zero-order chi connectivity index (χ0) is 37.4. The Kier molecular flexibility index (Phi) is 8.38. The molecule has 0 N–H and O–H groups in total. The first-order valence-corrected chi connectivity index (χ1v) is 21.9. The van der Waals surface area contributed by atoms with E-state index in [9.17, 15) is 0 Å². The van der Waals surface area contributed by atoms with Gasteiger partial charge in [0, 0.05) is 22.5 Å². The van der Waals surface area contributed by atoms with Crippen LogP contribution in [-0.2, 0) is 5.41 Å². The highest BCUT2D eigenvalue weighted by atomic mass is 15.1. The molecule has 280 valence electrons. The summed E-state index contributed by atoms with van der Waals surface area (Å²) in [5.74, 6) is 5.20. The molecule has 0 radical (unpaired) electrons. The molecule has 1 heteroatoms. The summed E-state index contributed by atoms with van der Waals surface area (Å²) in [4.78, 5) is 2.56. The Labute approximate surface area is 334 Å². The van der Waals surface area contributed by atoms with Gasteiger partial charge in [-0.15, -0.1) is 0 Å². The highest BCUT2D eigenvalue weighted by molar-refractivity contribution is 5.96. The third-order valence-corrected chi connectivity index (χ3v) is 15.2. The lowest BCUT2D eigenvalue weighted by Gasteiger charge is -2.54. The summed E-state index contributed by atoms with van der Waals surface area (Å²) in [6.45, 7) is 4.85. The van der Waals surface area contributed by atoms with Gasteiger partial charge in [0.25, 0.3) is 0 Å². The van der Waals surface area contributed by atoms with E-state index in [1.54, 1.807) is 5.56 Å². The molecule has 56 heavy (non-hydrogen) atoms. The van der Waals surface area contributed by atoms with Crippen LogP contribution in [0.2, 0.25) is 0 Å². The van der Waals surface area contributed by atoms with Gasteiger partial charge in [-0.1, -0.05) is 136 Å². The molecule has 0 aromatic heterocycles. The van der Waals surface area contributed by atoms with Crippen molar-refractivity contribution in [1.29, 1.82) is 0 Å². The van der Waals surface area contributed by atoms with E-state index < -0.39 is 0 Å². The van der Waals surface area contributed by atoms with Crippen LogP contribution in [0.3, 0.4) is 0 Å². The fraction of sp³-hybridized carbons (Fsp3) is 0.345. The van der Waals surface area contributed by atoms with E-state index in [0.29, 0.717) is 5.92 Å². The molecule has 0 spiro atoms. The van der Waals surface area contributed by atoms with Gasteiger partial charge in [-0.25, -0.2) is 0 Å². The lowest BCUT2D eigenvalue weighted by atomic mass is 9.51. The maximum Gasteiger partial charge on any atom is 0.0471 e. The van der Waals surface area contributed by atoms with Crippen molar-refractivity contribution in [2.75, 3.05) is 4.90 Å². The Morgan fingerprint density at radius 3 is 1.70 bits per heavy atom. The monoisotopic (exact) mass is 729 g/mol. The third kappa shape index (κ3) is 5.79. The highest BCUT2D eigenvalue weighted by Crippen LogP contribution is 2.60. The Morgan fingerprint density at radius 1 is 0.464 bits per heavy atom. The summed E-state index contributed by atoms with van der Waals surface area (Å²) in [5.41, 5.74) is 17.3. The van der Waals surface area contributed by atoms with Gasteiger partial charge in [-0.3, -0.25) is 0 Å². The largest absolute Gasteiger partial charge is 0.310 e. The van der Waals surface area contributed by atoms with Crippen molar-refractivity contribution in [1.82, 2.24) is 0 Å². The number of rotatable bonds is 7. The van der Waals surface area contributed by atoms with Crippen LogP contribution in [0.1, 0.15) is 112 Å². The summed E-state index contributed by atoms with van der Waals surface area (Å²) in [6, 6.07) is 53.9. The molecule has 6 aliphatic carbocycles. The minimum Gasteiger partial charge on any atom is -0.310 e. The normalized spacial score (nSPS) is 24.5. The van der Waals surface area contributed by atoms with Gasteiger partial charge < -0.3 is 4.90 Å². The zero-order valence-corrected chi connectivity index (χ0v) is 33.3. The van der Waals surface area contributed by atoms with Gasteiger partial charge in [0.1, 0.15) is 0 Å².